The van der Waals surface area contributed by atoms with Gasteiger partial charge in [0.15, 0.2) is 23.0 Å². The molecule has 0 radical (unpaired) electrons. The molecule has 1 atom stereocenters. The third-order valence-electron chi connectivity index (χ3n) is 2.82. The lowest BCUT2D eigenvalue weighted by Crippen LogP contribution is -2.47. The number of nitrogens with zero attached hydrogens (tertiary/aromatic N) is 7. The molecule has 21 heavy (non-hydrogen) atoms. The summed E-state index contributed by atoms with van der Waals surface area (Å²) in [5, 5.41) is 0. The number of imidazole rings is 1. The summed E-state index contributed by atoms with van der Waals surface area (Å²) in [6.45, 7) is 1.77. The van der Waals surface area contributed by atoms with Crippen molar-refractivity contribution in [1.29, 1.82) is 0 Å². The summed E-state index contributed by atoms with van der Waals surface area (Å²) >= 11 is 0. The first-order valence-corrected chi connectivity index (χ1v) is 5.99. The van der Waals surface area contributed by atoms with E-state index in [-0.39, 0.29) is 0 Å². The Balaban J connectivity index is 0.000000126. The molecule has 4 rings (SSSR count). The van der Waals surface area contributed by atoms with Crippen molar-refractivity contribution in [3.63, 3.8) is 0 Å². The van der Waals surface area contributed by atoms with E-state index >= 15 is 0 Å². The molecule has 10 nitrogen and oxygen atoms in total. The molecule has 2 aromatic rings. The van der Waals surface area contributed by atoms with Crippen molar-refractivity contribution in [3.05, 3.63) is 12.7 Å². The Morgan fingerprint density at radius 2 is 2.00 bits per heavy atom. The normalized spacial score (nSPS) is 22.4. The van der Waals surface area contributed by atoms with Gasteiger partial charge in [-0.2, -0.15) is 0 Å². The molecule has 0 amide bonds. The zero-order chi connectivity index (χ0) is 14.9. The highest BCUT2D eigenvalue weighted by atomic mass is 15.2. The fourth-order valence-electron chi connectivity index (χ4n) is 1.76. The van der Waals surface area contributed by atoms with Crippen molar-refractivity contribution in [2.45, 2.75) is 12.6 Å². The largest absolute Gasteiger partial charge is 0.382 e. The Morgan fingerprint density at radius 3 is 2.76 bits per heavy atom. The Hall–Kier alpha value is -3.01. The van der Waals surface area contributed by atoms with Crippen LogP contribution in [0.5, 0.6) is 0 Å². The van der Waals surface area contributed by atoms with Crippen molar-refractivity contribution in [2.75, 3.05) is 5.73 Å². The highest BCUT2D eigenvalue weighted by Gasteiger charge is 2.32. The number of nitrogens with two attached hydrogens (primary N) is 2. The molecule has 0 saturated heterocycles. The Bertz CT molecular complexity index is 794. The highest BCUT2D eigenvalue weighted by molar-refractivity contribution is 6.50. The number of anilines is 1. The summed E-state index contributed by atoms with van der Waals surface area (Å²) in [5.41, 5.74) is 12.4. The fraction of sp³-hybridized carbons (Fsp3) is 0.182. The van der Waals surface area contributed by atoms with Crippen LogP contribution in [0.1, 0.15) is 6.92 Å². The van der Waals surface area contributed by atoms with Crippen LogP contribution in [-0.4, -0.2) is 49.8 Å². The summed E-state index contributed by atoms with van der Waals surface area (Å²) < 4.78 is 0. The first-order valence-electron chi connectivity index (χ1n) is 5.99. The summed E-state index contributed by atoms with van der Waals surface area (Å²) in [7, 11) is 0. The monoisotopic (exact) mass is 284 g/mol. The molecule has 10 heteroatoms. The summed E-state index contributed by atoms with van der Waals surface area (Å²) in [5.74, 6) is 1.01. The van der Waals surface area contributed by atoms with E-state index in [0.29, 0.717) is 28.5 Å². The number of aromatic nitrogens is 4. The number of amidine groups is 1. The van der Waals surface area contributed by atoms with Gasteiger partial charge in [0.1, 0.15) is 30.2 Å². The van der Waals surface area contributed by atoms with E-state index in [4.69, 9.17) is 11.5 Å². The average molecular weight is 284 g/mol. The van der Waals surface area contributed by atoms with Gasteiger partial charge in [-0.05, 0) is 6.92 Å². The third-order valence-corrected chi connectivity index (χ3v) is 2.82. The lowest BCUT2D eigenvalue weighted by atomic mass is 10.1. The number of hydrogen-bond acceptors (Lipinski definition) is 9. The fourth-order valence-corrected chi connectivity index (χ4v) is 1.76. The van der Waals surface area contributed by atoms with Gasteiger partial charge >= 0.3 is 0 Å². The van der Waals surface area contributed by atoms with Crippen LogP contribution in [0.15, 0.2) is 32.6 Å². The Kier molecular flexibility index (Phi) is 2.99. The maximum atomic E-state index is 5.77. The summed E-state index contributed by atoms with van der Waals surface area (Å²) in [6.07, 6.45) is 5.78. The maximum Gasteiger partial charge on any atom is 0.182 e. The molecular weight excluding hydrogens is 272 g/mol. The van der Waals surface area contributed by atoms with Gasteiger partial charge in [0.2, 0.25) is 0 Å². The second kappa shape index (κ2) is 4.83. The summed E-state index contributed by atoms with van der Waals surface area (Å²) in [4.78, 5) is 30.1. The second-order valence-electron chi connectivity index (χ2n) is 4.43. The molecule has 5 N–H and O–H groups in total. The first kappa shape index (κ1) is 13.0. The number of aliphatic imine (C=N–C) groups is 4. The van der Waals surface area contributed by atoms with Crippen LogP contribution >= 0.6 is 0 Å². The van der Waals surface area contributed by atoms with Crippen LogP contribution in [0.2, 0.25) is 0 Å². The molecule has 1 unspecified atom stereocenters. The van der Waals surface area contributed by atoms with Gasteiger partial charge in [0.25, 0.3) is 0 Å². The summed E-state index contributed by atoms with van der Waals surface area (Å²) in [6, 6.07) is 0. The topological polar surface area (TPSA) is 156 Å². The number of fused-ring (bicyclic) bond motifs is 2. The van der Waals surface area contributed by atoms with Crippen LogP contribution in [-0.2, 0) is 0 Å². The molecular formula is C11H12N10. The van der Waals surface area contributed by atoms with Gasteiger partial charge in [0, 0.05) is 0 Å². The molecule has 106 valence electrons. The van der Waals surface area contributed by atoms with Gasteiger partial charge in [-0.15, -0.1) is 0 Å². The number of nitrogens with one attached hydrogen (secondary N) is 1. The molecule has 0 bridgehead atoms. The van der Waals surface area contributed by atoms with E-state index < -0.39 is 5.66 Å². The molecule has 4 heterocycles. The lowest BCUT2D eigenvalue weighted by Gasteiger charge is -2.20. The van der Waals surface area contributed by atoms with Gasteiger partial charge in [-0.1, -0.05) is 0 Å². The first-order chi connectivity index (χ1) is 10.1. The van der Waals surface area contributed by atoms with Crippen LogP contribution in [0.3, 0.4) is 0 Å². The van der Waals surface area contributed by atoms with Crippen LogP contribution in [0.25, 0.3) is 11.2 Å². The van der Waals surface area contributed by atoms with Crippen molar-refractivity contribution >= 4 is 41.2 Å². The molecule has 0 aliphatic carbocycles. The number of nitrogen functional groups attached to an aromatic ring is 1. The predicted octanol–water partition coefficient (Wildman–Crippen LogP) is -0.480. The van der Waals surface area contributed by atoms with Gasteiger partial charge in [-0.3, -0.25) is 0 Å². The molecule has 0 saturated carbocycles. The minimum atomic E-state index is -0.756. The quantitative estimate of drug-likeness (QED) is 0.595. The van der Waals surface area contributed by atoms with Crippen molar-refractivity contribution in [2.24, 2.45) is 25.7 Å². The van der Waals surface area contributed by atoms with E-state index in [1.165, 1.54) is 25.3 Å². The van der Waals surface area contributed by atoms with E-state index in [1.807, 2.05) is 0 Å². The van der Waals surface area contributed by atoms with E-state index in [0.717, 1.165) is 0 Å². The Labute approximate surface area is 118 Å². The van der Waals surface area contributed by atoms with Crippen LogP contribution in [0, 0.1) is 0 Å². The smallest absolute Gasteiger partial charge is 0.182 e. The van der Waals surface area contributed by atoms with E-state index in [9.17, 15) is 0 Å². The molecule has 2 aliphatic heterocycles. The van der Waals surface area contributed by atoms with Crippen molar-refractivity contribution < 1.29 is 0 Å². The van der Waals surface area contributed by atoms with Crippen LogP contribution in [0.4, 0.5) is 5.82 Å². The minimum absolute atomic E-state index is 0.433. The van der Waals surface area contributed by atoms with E-state index in [2.05, 4.69) is 39.9 Å². The van der Waals surface area contributed by atoms with Gasteiger partial charge in [0.05, 0.1) is 6.33 Å². The molecule has 0 aromatic carbocycles. The molecule has 2 aromatic heterocycles. The molecule has 0 spiro atoms. The standard InChI is InChI=1S/C6H7N5.C5H5N5/c1-6(7)4-5(9-2-8-4)10-3-11-6;6-4-3-5(9-1-7-3)10-2-8-4/h2-3H,7H2,1H3;1-2H,(H3,6,7,8,9,10). The number of rotatable bonds is 0. The molecule has 0 fully saturated rings. The SMILES string of the molecule is CC1(N)N=CN=C2N=CN=C21.Nc1ncnc2nc[nH]c12. The minimum Gasteiger partial charge on any atom is -0.382 e. The number of aromatic amines is 1. The zero-order valence-corrected chi connectivity index (χ0v) is 11.1. The average Bonchev–Trinajstić information content (AvgIpc) is 3.08. The van der Waals surface area contributed by atoms with Crippen molar-refractivity contribution in [3.8, 4) is 0 Å². The zero-order valence-electron chi connectivity index (χ0n) is 11.1. The third kappa shape index (κ3) is 2.39. The second-order valence-corrected chi connectivity index (χ2v) is 4.43. The van der Waals surface area contributed by atoms with Crippen LogP contribution < -0.4 is 11.5 Å². The lowest BCUT2D eigenvalue weighted by molar-refractivity contribution is 0.670. The Morgan fingerprint density at radius 1 is 1.14 bits per heavy atom. The van der Waals surface area contributed by atoms with Gasteiger partial charge < -0.3 is 16.5 Å². The highest BCUT2D eigenvalue weighted by Crippen LogP contribution is 2.13. The maximum absolute atomic E-state index is 5.77. The number of H-pyrrole nitrogens is 1. The van der Waals surface area contributed by atoms with Crippen molar-refractivity contribution in [1.82, 2.24) is 19.9 Å². The predicted molar refractivity (Wildman–Crippen MR) is 80.5 cm³/mol. The van der Waals surface area contributed by atoms with E-state index in [1.54, 1.807) is 6.92 Å². The number of hydrogen-bond donors (Lipinski definition) is 3. The molecule has 2 aliphatic rings. The van der Waals surface area contributed by atoms with Gasteiger partial charge in [-0.25, -0.2) is 34.9 Å².